The van der Waals surface area contributed by atoms with Gasteiger partial charge in [-0.1, -0.05) is 12.8 Å². The van der Waals surface area contributed by atoms with Crippen molar-refractivity contribution in [2.45, 2.75) is 31.7 Å². The van der Waals surface area contributed by atoms with Crippen LogP contribution in [-0.4, -0.2) is 30.1 Å². The highest BCUT2D eigenvalue weighted by Gasteiger charge is 2.34. The van der Waals surface area contributed by atoms with Gasteiger partial charge in [0.25, 0.3) is 0 Å². The van der Waals surface area contributed by atoms with Crippen molar-refractivity contribution in [2.75, 3.05) is 13.1 Å². The van der Waals surface area contributed by atoms with E-state index in [9.17, 15) is 4.79 Å². The Labute approximate surface area is 83.9 Å². The van der Waals surface area contributed by atoms with Gasteiger partial charge < -0.3 is 10.2 Å². The number of amides is 2. The zero-order valence-electron chi connectivity index (χ0n) is 8.20. The first-order valence-corrected chi connectivity index (χ1v) is 5.23. The first-order chi connectivity index (χ1) is 6.81. The predicted molar refractivity (Wildman–Crippen MR) is 51.5 cm³/mol. The van der Waals surface area contributed by atoms with E-state index in [1.807, 2.05) is 6.07 Å². The second-order valence-electron chi connectivity index (χ2n) is 4.14. The lowest BCUT2D eigenvalue weighted by Crippen LogP contribution is -2.32. The van der Waals surface area contributed by atoms with Crippen LogP contribution in [0.15, 0.2) is 0 Å². The average molecular weight is 193 g/mol. The molecule has 4 nitrogen and oxygen atoms in total. The molecule has 0 aromatic heterocycles. The van der Waals surface area contributed by atoms with Crippen LogP contribution in [0.2, 0.25) is 0 Å². The summed E-state index contributed by atoms with van der Waals surface area (Å²) < 4.78 is 0. The van der Waals surface area contributed by atoms with Crippen LogP contribution in [0.5, 0.6) is 0 Å². The van der Waals surface area contributed by atoms with E-state index < -0.39 is 0 Å². The lowest BCUT2D eigenvalue weighted by atomic mass is 9.99. The third-order valence-corrected chi connectivity index (χ3v) is 3.24. The molecule has 0 spiro atoms. The summed E-state index contributed by atoms with van der Waals surface area (Å²) >= 11 is 0. The standard InChI is InChI=1S/C10H15N3O/c11-5-6-13-7-9(12-10(13)14)8-3-1-2-4-8/h8-9H,1-4,6-7H2,(H,12,14). The summed E-state index contributed by atoms with van der Waals surface area (Å²) in [6.45, 7) is 0.937. The number of rotatable bonds is 2. The lowest BCUT2D eigenvalue weighted by molar-refractivity contribution is 0.222. The molecule has 1 saturated carbocycles. The van der Waals surface area contributed by atoms with Crippen LogP contribution in [0.4, 0.5) is 4.79 Å². The molecule has 2 amide bonds. The van der Waals surface area contributed by atoms with Crippen LogP contribution >= 0.6 is 0 Å². The maximum Gasteiger partial charge on any atom is 0.318 e. The molecule has 1 heterocycles. The molecule has 2 aliphatic rings. The molecule has 1 aliphatic carbocycles. The number of nitrogens with one attached hydrogen (secondary N) is 1. The first-order valence-electron chi connectivity index (χ1n) is 5.23. The van der Waals surface area contributed by atoms with E-state index in [0.29, 0.717) is 12.0 Å². The molecule has 2 fully saturated rings. The maximum atomic E-state index is 11.4. The van der Waals surface area contributed by atoms with Gasteiger partial charge in [0.1, 0.15) is 6.54 Å². The molecule has 1 aliphatic heterocycles. The largest absolute Gasteiger partial charge is 0.333 e. The Morgan fingerprint density at radius 3 is 2.86 bits per heavy atom. The van der Waals surface area contributed by atoms with E-state index in [2.05, 4.69) is 5.32 Å². The van der Waals surface area contributed by atoms with Crippen molar-refractivity contribution in [3.8, 4) is 6.07 Å². The second-order valence-corrected chi connectivity index (χ2v) is 4.14. The van der Waals surface area contributed by atoms with Crippen molar-refractivity contribution in [2.24, 2.45) is 5.92 Å². The molecule has 1 atom stereocenters. The van der Waals surface area contributed by atoms with E-state index in [1.54, 1.807) is 4.90 Å². The normalized spacial score (nSPS) is 27.8. The Kier molecular flexibility index (Phi) is 2.58. The number of hydrogen-bond acceptors (Lipinski definition) is 2. The topological polar surface area (TPSA) is 56.1 Å². The smallest absolute Gasteiger partial charge is 0.318 e. The van der Waals surface area contributed by atoms with Crippen LogP contribution in [0, 0.1) is 17.2 Å². The summed E-state index contributed by atoms with van der Waals surface area (Å²) in [4.78, 5) is 13.0. The van der Waals surface area contributed by atoms with Crippen LogP contribution < -0.4 is 5.32 Å². The summed E-state index contributed by atoms with van der Waals surface area (Å²) in [5.74, 6) is 0.641. The molecule has 2 rings (SSSR count). The Morgan fingerprint density at radius 1 is 1.50 bits per heavy atom. The Hall–Kier alpha value is -1.24. The SMILES string of the molecule is N#CCN1CC(C2CCCC2)NC1=O. The molecule has 0 bridgehead atoms. The monoisotopic (exact) mass is 193 g/mol. The number of carbonyl (C=O) groups is 1. The summed E-state index contributed by atoms with van der Waals surface area (Å²) in [5, 5.41) is 11.5. The van der Waals surface area contributed by atoms with Gasteiger partial charge in [-0.05, 0) is 18.8 Å². The number of carbonyl (C=O) groups excluding carboxylic acids is 1. The van der Waals surface area contributed by atoms with Crippen molar-refractivity contribution >= 4 is 6.03 Å². The highest BCUT2D eigenvalue weighted by molar-refractivity contribution is 5.77. The van der Waals surface area contributed by atoms with Gasteiger partial charge in [-0.25, -0.2) is 4.79 Å². The molecule has 4 heteroatoms. The first kappa shape index (κ1) is 9.32. The van der Waals surface area contributed by atoms with Crippen LogP contribution in [0.1, 0.15) is 25.7 Å². The number of nitrogens with zero attached hydrogens (tertiary/aromatic N) is 2. The van der Waals surface area contributed by atoms with Crippen molar-refractivity contribution < 1.29 is 4.79 Å². The summed E-state index contributed by atoms with van der Waals surface area (Å²) in [6, 6.07) is 2.24. The molecule has 0 aromatic rings. The van der Waals surface area contributed by atoms with Gasteiger partial charge in [-0.3, -0.25) is 0 Å². The Morgan fingerprint density at radius 2 is 2.21 bits per heavy atom. The van der Waals surface area contributed by atoms with Crippen molar-refractivity contribution in [1.82, 2.24) is 10.2 Å². The van der Waals surface area contributed by atoms with E-state index in [1.165, 1.54) is 25.7 Å². The molecule has 0 aromatic carbocycles. The second kappa shape index (κ2) is 3.87. The van der Waals surface area contributed by atoms with E-state index in [4.69, 9.17) is 5.26 Å². The van der Waals surface area contributed by atoms with Crippen LogP contribution in [0.3, 0.4) is 0 Å². The molecule has 76 valence electrons. The van der Waals surface area contributed by atoms with Crippen molar-refractivity contribution in [3.05, 3.63) is 0 Å². The maximum absolute atomic E-state index is 11.4. The predicted octanol–water partition coefficient (Wildman–Crippen LogP) is 1.09. The molecular weight excluding hydrogens is 178 g/mol. The quantitative estimate of drug-likeness (QED) is 0.667. The van der Waals surface area contributed by atoms with Gasteiger partial charge in [0.15, 0.2) is 0 Å². The van der Waals surface area contributed by atoms with E-state index in [-0.39, 0.29) is 12.6 Å². The van der Waals surface area contributed by atoms with Crippen molar-refractivity contribution in [3.63, 3.8) is 0 Å². The molecule has 0 radical (unpaired) electrons. The fourth-order valence-corrected chi connectivity index (χ4v) is 2.46. The third kappa shape index (κ3) is 1.67. The van der Waals surface area contributed by atoms with Gasteiger partial charge in [0.05, 0.1) is 12.1 Å². The minimum absolute atomic E-state index is 0.0662. The molecule has 1 saturated heterocycles. The summed E-state index contributed by atoms with van der Waals surface area (Å²) in [6.07, 6.45) is 5.03. The third-order valence-electron chi connectivity index (χ3n) is 3.24. The average Bonchev–Trinajstić information content (AvgIpc) is 2.76. The van der Waals surface area contributed by atoms with Gasteiger partial charge >= 0.3 is 6.03 Å². The number of urea groups is 1. The minimum atomic E-state index is -0.0662. The zero-order chi connectivity index (χ0) is 9.97. The fraction of sp³-hybridized carbons (Fsp3) is 0.800. The van der Waals surface area contributed by atoms with Gasteiger partial charge in [0.2, 0.25) is 0 Å². The zero-order valence-corrected chi connectivity index (χ0v) is 8.20. The fourth-order valence-electron chi connectivity index (χ4n) is 2.46. The summed E-state index contributed by atoms with van der Waals surface area (Å²) in [7, 11) is 0. The van der Waals surface area contributed by atoms with Gasteiger partial charge in [-0.2, -0.15) is 5.26 Å². The highest BCUT2D eigenvalue weighted by atomic mass is 16.2. The van der Waals surface area contributed by atoms with Gasteiger partial charge in [0, 0.05) is 6.54 Å². The number of nitriles is 1. The molecule has 14 heavy (non-hydrogen) atoms. The molecular formula is C10H15N3O. The lowest BCUT2D eigenvalue weighted by Gasteiger charge is -2.16. The van der Waals surface area contributed by atoms with Crippen molar-refractivity contribution in [1.29, 1.82) is 5.26 Å². The minimum Gasteiger partial charge on any atom is -0.333 e. The van der Waals surface area contributed by atoms with Crippen LogP contribution in [0.25, 0.3) is 0 Å². The Balaban J connectivity index is 1.92. The molecule has 1 N–H and O–H groups in total. The molecule has 1 unspecified atom stereocenters. The Bertz CT molecular complexity index is 265. The number of hydrogen-bond donors (Lipinski definition) is 1. The van der Waals surface area contributed by atoms with Crippen LogP contribution in [-0.2, 0) is 0 Å². The van der Waals surface area contributed by atoms with Gasteiger partial charge in [-0.15, -0.1) is 0 Å². The summed E-state index contributed by atoms with van der Waals surface area (Å²) in [5.41, 5.74) is 0. The van der Waals surface area contributed by atoms with E-state index in [0.717, 1.165) is 6.54 Å². The highest BCUT2D eigenvalue weighted by Crippen LogP contribution is 2.29. The van der Waals surface area contributed by atoms with E-state index >= 15 is 0 Å².